The third kappa shape index (κ3) is 3.99. The molecule has 29 heavy (non-hydrogen) atoms. The molecule has 0 saturated heterocycles. The van der Waals surface area contributed by atoms with E-state index < -0.39 is 17.9 Å². The maximum absolute atomic E-state index is 12.8. The Labute approximate surface area is 177 Å². The zero-order valence-electron chi connectivity index (χ0n) is 15.6. The number of furan rings is 1. The molecule has 2 aromatic rings. The van der Waals surface area contributed by atoms with Gasteiger partial charge in [0.2, 0.25) is 0 Å². The van der Waals surface area contributed by atoms with Crippen LogP contribution in [0.15, 0.2) is 51.5 Å². The fraction of sp³-hybridized carbons (Fsp3) is 0.190. The zero-order chi connectivity index (χ0) is 21.3. The van der Waals surface area contributed by atoms with Crippen LogP contribution in [0.5, 0.6) is 0 Å². The van der Waals surface area contributed by atoms with Crippen LogP contribution in [0.3, 0.4) is 0 Å². The minimum Gasteiger partial charge on any atom is -0.457 e. The number of β-amino-alcohol motifs (C(OH)–C–C–N with tert-alkyl or cyclic N) is 1. The molecule has 148 valence electrons. The number of halogens is 2. The van der Waals surface area contributed by atoms with Crippen LogP contribution < -0.4 is 0 Å². The Morgan fingerprint density at radius 3 is 2.62 bits per heavy atom. The molecule has 3 rings (SSSR count). The summed E-state index contributed by atoms with van der Waals surface area (Å²) in [6.45, 7) is 2.77. The second-order valence-electron chi connectivity index (χ2n) is 6.54. The second kappa shape index (κ2) is 8.26. The molecule has 1 aromatic heterocycles. The van der Waals surface area contributed by atoms with Crippen LogP contribution in [0.4, 0.5) is 0 Å². The maximum atomic E-state index is 12.8. The SMILES string of the molecule is CC1=C(C#N)C(=O)N(CC(C)O)C(=O)/C1=C/c1ccc(-c2cccc(Cl)c2Cl)o1. The third-order valence-corrected chi connectivity index (χ3v) is 5.22. The number of benzene rings is 1. The van der Waals surface area contributed by atoms with Crippen molar-refractivity contribution in [1.82, 2.24) is 4.90 Å². The summed E-state index contributed by atoms with van der Waals surface area (Å²) in [7, 11) is 0. The van der Waals surface area contributed by atoms with Gasteiger partial charge in [0.25, 0.3) is 11.8 Å². The fourth-order valence-electron chi connectivity index (χ4n) is 2.97. The Balaban J connectivity index is 2.05. The molecule has 1 aliphatic heterocycles. The first-order valence-corrected chi connectivity index (χ1v) is 9.41. The average molecular weight is 431 g/mol. The van der Waals surface area contributed by atoms with E-state index in [4.69, 9.17) is 27.6 Å². The molecule has 0 spiro atoms. The number of imide groups is 1. The molecule has 1 aromatic carbocycles. The predicted octanol–water partition coefficient (Wildman–Crippen LogP) is 4.23. The number of carbonyl (C=O) groups excluding carboxylic acids is 2. The van der Waals surface area contributed by atoms with Crippen molar-refractivity contribution < 1.29 is 19.1 Å². The maximum Gasteiger partial charge on any atom is 0.271 e. The van der Waals surface area contributed by atoms with E-state index >= 15 is 0 Å². The summed E-state index contributed by atoms with van der Waals surface area (Å²) >= 11 is 12.3. The standard InChI is InChI=1S/C21H16Cl2N2O4/c1-11(26)10-25-20(27)15(12(2)16(9-24)21(25)28)8-13-6-7-18(29-13)14-4-3-5-17(22)19(14)23/h3-8,11,26H,10H2,1-2H3/b15-8+. The number of amides is 2. The van der Waals surface area contributed by atoms with Gasteiger partial charge < -0.3 is 9.52 Å². The largest absolute Gasteiger partial charge is 0.457 e. The quantitative estimate of drug-likeness (QED) is 0.578. The first-order chi connectivity index (χ1) is 13.7. The Kier molecular flexibility index (Phi) is 5.94. The summed E-state index contributed by atoms with van der Waals surface area (Å²) in [6.07, 6.45) is 0.529. The average Bonchev–Trinajstić information content (AvgIpc) is 3.13. The van der Waals surface area contributed by atoms with Crippen molar-refractivity contribution in [3.05, 3.63) is 62.9 Å². The zero-order valence-corrected chi connectivity index (χ0v) is 17.1. The van der Waals surface area contributed by atoms with Crippen LogP contribution in [0.1, 0.15) is 19.6 Å². The van der Waals surface area contributed by atoms with E-state index in [0.717, 1.165) is 4.90 Å². The monoisotopic (exact) mass is 430 g/mol. The van der Waals surface area contributed by atoms with Crippen molar-refractivity contribution in [3.63, 3.8) is 0 Å². The van der Waals surface area contributed by atoms with Crippen LogP contribution in [0.2, 0.25) is 10.0 Å². The highest BCUT2D eigenvalue weighted by molar-refractivity contribution is 6.43. The van der Waals surface area contributed by atoms with Crippen molar-refractivity contribution in [2.75, 3.05) is 6.54 Å². The number of nitrogens with zero attached hydrogens (tertiary/aromatic N) is 2. The minimum atomic E-state index is -0.928. The lowest BCUT2D eigenvalue weighted by Gasteiger charge is -2.28. The highest BCUT2D eigenvalue weighted by Gasteiger charge is 2.36. The molecule has 8 heteroatoms. The minimum absolute atomic E-state index is 0.139. The summed E-state index contributed by atoms with van der Waals surface area (Å²) < 4.78 is 5.79. The van der Waals surface area contributed by atoms with Crippen molar-refractivity contribution >= 4 is 41.1 Å². The number of nitriles is 1. The molecule has 2 amide bonds. The topological polar surface area (TPSA) is 94.5 Å². The van der Waals surface area contributed by atoms with E-state index in [-0.39, 0.29) is 23.3 Å². The van der Waals surface area contributed by atoms with E-state index in [9.17, 15) is 20.0 Å². The predicted molar refractivity (Wildman–Crippen MR) is 109 cm³/mol. The van der Waals surface area contributed by atoms with Crippen LogP contribution in [-0.2, 0) is 9.59 Å². The van der Waals surface area contributed by atoms with Gasteiger partial charge in [0.05, 0.1) is 22.7 Å². The van der Waals surface area contributed by atoms with Gasteiger partial charge in [-0.3, -0.25) is 14.5 Å². The number of hydrogen-bond donors (Lipinski definition) is 1. The van der Waals surface area contributed by atoms with E-state index in [2.05, 4.69) is 0 Å². The highest BCUT2D eigenvalue weighted by atomic mass is 35.5. The van der Waals surface area contributed by atoms with Gasteiger partial charge >= 0.3 is 0 Å². The number of rotatable bonds is 4. The normalized spacial score (nSPS) is 17.1. The first kappa shape index (κ1) is 20.9. The lowest BCUT2D eigenvalue weighted by Crippen LogP contribution is -2.45. The molecule has 1 aliphatic rings. The summed E-state index contributed by atoms with van der Waals surface area (Å²) in [5.41, 5.74) is 0.832. The summed E-state index contributed by atoms with van der Waals surface area (Å²) in [5.74, 6) is -0.543. The van der Waals surface area contributed by atoms with Crippen molar-refractivity contribution in [2.45, 2.75) is 20.0 Å². The van der Waals surface area contributed by atoms with Gasteiger partial charge in [-0.1, -0.05) is 29.3 Å². The Bertz CT molecular complexity index is 1110. The van der Waals surface area contributed by atoms with Gasteiger partial charge in [0.15, 0.2) is 0 Å². The molecule has 0 aliphatic carbocycles. The third-order valence-electron chi connectivity index (χ3n) is 4.40. The van der Waals surface area contributed by atoms with Crippen molar-refractivity contribution in [1.29, 1.82) is 5.26 Å². The Morgan fingerprint density at radius 2 is 1.97 bits per heavy atom. The molecule has 2 heterocycles. The van der Waals surface area contributed by atoms with Gasteiger partial charge in [0, 0.05) is 11.1 Å². The molecular weight excluding hydrogens is 415 g/mol. The molecule has 0 fully saturated rings. The van der Waals surface area contributed by atoms with Crippen LogP contribution in [-0.4, -0.2) is 34.5 Å². The van der Waals surface area contributed by atoms with Crippen LogP contribution >= 0.6 is 23.2 Å². The molecule has 1 unspecified atom stereocenters. The summed E-state index contributed by atoms with van der Waals surface area (Å²) in [6, 6.07) is 10.3. The van der Waals surface area contributed by atoms with Gasteiger partial charge in [-0.2, -0.15) is 5.26 Å². The van der Waals surface area contributed by atoms with E-state index in [1.54, 1.807) is 30.3 Å². The fourth-order valence-corrected chi connectivity index (χ4v) is 3.36. The summed E-state index contributed by atoms with van der Waals surface area (Å²) in [4.78, 5) is 26.1. The van der Waals surface area contributed by atoms with Gasteiger partial charge in [-0.25, -0.2) is 0 Å². The molecule has 1 atom stereocenters. The van der Waals surface area contributed by atoms with Gasteiger partial charge in [-0.05, 0) is 49.8 Å². The number of hydrogen-bond acceptors (Lipinski definition) is 5. The van der Waals surface area contributed by atoms with Gasteiger partial charge in [0.1, 0.15) is 23.2 Å². The Hall–Kier alpha value is -2.85. The van der Waals surface area contributed by atoms with E-state index in [1.807, 2.05) is 6.07 Å². The van der Waals surface area contributed by atoms with Crippen LogP contribution in [0, 0.1) is 11.3 Å². The van der Waals surface area contributed by atoms with Crippen molar-refractivity contribution in [2.24, 2.45) is 0 Å². The Morgan fingerprint density at radius 1 is 1.24 bits per heavy atom. The number of aliphatic hydroxyl groups is 1. The lowest BCUT2D eigenvalue weighted by molar-refractivity contribution is -0.141. The molecule has 6 nitrogen and oxygen atoms in total. The molecular formula is C21H16Cl2N2O4. The summed E-state index contributed by atoms with van der Waals surface area (Å²) in [5, 5.41) is 19.7. The van der Waals surface area contributed by atoms with Crippen molar-refractivity contribution in [3.8, 4) is 17.4 Å². The highest BCUT2D eigenvalue weighted by Crippen LogP contribution is 2.35. The number of aliphatic hydroxyl groups excluding tert-OH is 1. The van der Waals surface area contributed by atoms with Crippen LogP contribution in [0.25, 0.3) is 17.4 Å². The molecule has 1 N–H and O–H groups in total. The first-order valence-electron chi connectivity index (χ1n) is 8.66. The smallest absolute Gasteiger partial charge is 0.271 e. The molecule has 0 saturated carbocycles. The number of carbonyl (C=O) groups is 2. The second-order valence-corrected chi connectivity index (χ2v) is 7.33. The van der Waals surface area contributed by atoms with E-state index in [0.29, 0.717) is 27.1 Å². The molecule has 0 bridgehead atoms. The van der Waals surface area contributed by atoms with E-state index in [1.165, 1.54) is 19.9 Å². The lowest BCUT2D eigenvalue weighted by atomic mass is 9.94. The molecule has 0 radical (unpaired) electrons. The van der Waals surface area contributed by atoms with Gasteiger partial charge in [-0.15, -0.1) is 0 Å².